The topological polar surface area (TPSA) is 90.5 Å². The molecular formula is C18H17N2O4S-. The quantitative estimate of drug-likeness (QED) is 0.789. The number of nitrogens with one attached hydrogen (secondary N) is 2. The molecule has 0 spiro atoms. The highest BCUT2D eigenvalue weighted by atomic mass is 32.1. The SMILES string of the molecule is Cc1cc(C)cc(OCC(=O)NC(=S)Nc2ccc(C(=O)[O-])cc2)c1. The number of hydrogen-bond acceptors (Lipinski definition) is 5. The van der Waals surface area contributed by atoms with Crippen LogP contribution in [0.3, 0.4) is 0 Å². The van der Waals surface area contributed by atoms with Crippen molar-refractivity contribution in [3.05, 3.63) is 59.2 Å². The molecule has 7 heteroatoms. The van der Waals surface area contributed by atoms with Crippen LogP contribution in [0, 0.1) is 13.8 Å². The van der Waals surface area contributed by atoms with Gasteiger partial charge in [0.15, 0.2) is 11.7 Å². The predicted molar refractivity (Wildman–Crippen MR) is 96.5 cm³/mol. The maximum absolute atomic E-state index is 11.9. The van der Waals surface area contributed by atoms with Crippen LogP contribution in [0.25, 0.3) is 0 Å². The molecule has 130 valence electrons. The maximum Gasteiger partial charge on any atom is 0.264 e. The van der Waals surface area contributed by atoms with E-state index in [1.54, 1.807) is 0 Å². The molecule has 25 heavy (non-hydrogen) atoms. The zero-order valence-electron chi connectivity index (χ0n) is 13.8. The van der Waals surface area contributed by atoms with Crippen molar-refractivity contribution in [1.29, 1.82) is 0 Å². The number of aryl methyl sites for hydroxylation is 2. The van der Waals surface area contributed by atoms with Gasteiger partial charge in [0, 0.05) is 5.69 Å². The molecule has 6 nitrogen and oxygen atoms in total. The van der Waals surface area contributed by atoms with Gasteiger partial charge in [-0.3, -0.25) is 10.1 Å². The van der Waals surface area contributed by atoms with Crippen molar-refractivity contribution in [2.24, 2.45) is 0 Å². The van der Waals surface area contributed by atoms with Crippen LogP contribution in [0.4, 0.5) is 5.69 Å². The number of anilines is 1. The van der Waals surface area contributed by atoms with Gasteiger partial charge in [0.25, 0.3) is 5.91 Å². The zero-order valence-corrected chi connectivity index (χ0v) is 14.6. The summed E-state index contributed by atoms with van der Waals surface area (Å²) in [4.78, 5) is 22.6. The fourth-order valence-electron chi connectivity index (χ4n) is 2.18. The van der Waals surface area contributed by atoms with E-state index in [0.29, 0.717) is 11.4 Å². The molecule has 0 aliphatic carbocycles. The summed E-state index contributed by atoms with van der Waals surface area (Å²) in [5.41, 5.74) is 2.70. The Morgan fingerprint density at radius 2 is 1.68 bits per heavy atom. The molecule has 1 amide bonds. The highest BCUT2D eigenvalue weighted by Gasteiger charge is 2.07. The van der Waals surface area contributed by atoms with Crippen LogP contribution in [-0.2, 0) is 4.79 Å². The molecule has 0 bridgehead atoms. The maximum atomic E-state index is 11.9. The normalized spacial score (nSPS) is 10.0. The van der Waals surface area contributed by atoms with E-state index in [2.05, 4.69) is 10.6 Å². The minimum absolute atomic E-state index is 0.0577. The molecule has 0 fully saturated rings. The third-order valence-electron chi connectivity index (χ3n) is 3.20. The predicted octanol–water partition coefficient (Wildman–Crippen LogP) is 1.56. The molecule has 0 aromatic heterocycles. The van der Waals surface area contributed by atoms with E-state index in [4.69, 9.17) is 17.0 Å². The van der Waals surface area contributed by atoms with Crippen molar-refractivity contribution in [2.75, 3.05) is 11.9 Å². The summed E-state index contributed by atoms with van der Waals surface area (Å²) in [5.74, 6) is -1.04. The van der Waals surface area contributed by atoms with Crippen molar-refractivity contribution >= 4 is 34.9 Å². The summed E-state index contributed by atoms with van der Waals surface area (Å²) in [6, 6.07) is 11.5. The number of carbonyl (C=O) groups is 2. The summed E-state index contributed by atoms with van der Waals surface area (Å²) in [6.45, 7) is 3.73. The highest BCUT2D eigenvalue weighted by molar-refractivity contribution is 7.80. The molecule has 0 heterocycles. The van der Waals surface area contributed by atoms with E-state index >= 15 is 0 Å². The second kappa shape index (κ2) is 8.25. The molecule has 2 aromatic rings. The van der Waals surface area contributed by atoms with Crippen LogP contribution in [0.1, 0.15) is 21.5 Å². The summed E-state index contributed by atoms with van der Waals surface area (Å²) in [5, 5.41) is 16.1. The van der Waals surface area contributed by atoms with Crippen LogP contribution in [-0.4, -0.2) is 23.6 Å². The lowest BCUT2D eigenvalue weighted by Crippen LogP contribution is -2.37. The Morgan fingerprint density at radius 3 is 2.24 bits per heavy atom. The lowest BCUT2D eigenvalue weighted by atomic mass is 10.1. The average Bonchev–Trinajstić information content (AvgIpc) is 2.52. The molecule has 0 unspecified atom stereocenters. The van der Waals surface area contributed by atoms with Crippen LogP contribution >= 0.6 is 12.2 Å². The average molecular weight is 357 g/mol. The van der Waals surface area contributed by atoms with Gasteiger partial charge in [0.05, 0.1) is 5.97 Å². The summed E-state index contributed by atoms with van der Waals surface area (Å²) in [7, 11) is 0. The Bertz CT molecular complexity index is 783. The zero-order chi connectivity index (χ0) is 18.4. The van der Waals surface area contributed by atoms with Crippen molar-refractivity contribution in [2.45, 2.75) is 13.8 Å². The first-order chi connectivity index (χ1) is 11.8. The fraction of sp³-hybridized carbons (Fsp3) is 0.167. The molecule has 0 aliphatic rings. The fourth-order valence-corrected chi connectivity index (χ4v) is 2.41. The Labute approximate surface area is 150 Å². The van der Waals surface area contributed by atoms with Gasteiger partial charge < -0.3 is 20.0 Å². The molecule has 0 saturated heterocycles. The Hall–Kier alpha value is -2.93. The van der Waals surface area contributed by atoms with E-state index in [1.165, 1.54) is 24.3 Å². The Balaban J connectivity index is 1.83. The number of carboxylic acids is 1. The number of hydrogen-bond donors (Lipinski definition) is 2. The first-order valence-electron chi connectivity index (χ1n) is 7.47. The number of carboxylic acid groups (broad SMARTS) is 1. The molecule has 2 aromatic carbocycles. The number of ether oxygens (including phenoxy) is 1. The van der Waals surface area contributed by atoms with Crippen molar-refractivity contribution < 1.29 is 19.4 Å². The molecule has 2 N–H and O–H groups in total. The van der Waals surface area contributed by atoms with E-state index in [1.807, 2.05) is 32.0 Å². The number of benzene rings is 2. The minimum Gasteiger partial charge on any atom is -0.545 e. The summed E-state index contributed by atoms with van der Waals surface area (Å²) < 4.78 is 5.45. The number of aromatic carboxylic acids is 1. The van der Waals surface area contributed by atoms with E-state index in [0.717, 1.165) is 11.1 Å². The standard InChI is InChI=1S/C18H18N2O4S/c1-11-7-12(2)9-15(8-11)24-10-16(21)20-18(25)19-14-5-3-13(4-6-14)17(22)23/h3-9H,10H2,1-2H3,(H,22,23)(H2,19,20,21,25)/p-1. The molecule has 0 aliphatic heterocycles. The molecule has 2 rings (SSSR count). The number of carbonyl (C=O) groups excluding carboxylic acids is 2. The van der Waals surface area contributed by atoms with Gasteiger partial charge in [-0.25, -0.2) is 0 Å². The van der Waals surface area contributed by atoms with Crippen molar-refractivity contribution in [3.63, 3.8) is 0 Å². The third-order valence-corrected chi connectivity index (χ3v) is 3.40. The molecule has 0 radical (unpaired) electrons. The van der Waals surface area contributed by atoms with Gasteiger partial charge in [-0.15, -0.1) is 0 Å². The minimum atomic E-state index is -1.26. The number of thiocarbonyl (C=S) groups is 1. The van der Waals surface area contributed by atoms with E-state index in [-0.39, 0.29) is 17.3 Å². The van der Waals surface area contributed by atoms with Gasteiger partial charge in [-0.2, -0.15) is 0 Å². The molecular weight excluding hydrogens is 340 g/mol. The van der Waals surface area contributed by atoms with Crippen LogP contribution in [0.5, 0.6) is 5.75 Å². The first-order valence-corrected chi connectivity index (χ1v) is 7.87. The van der Waals surface area contributed by atoms with Gasteiger partial charge in [-0.1, -0.05) is 18.2 Å². The summed E-state index contributed by atoms with van der Waals surface area (Å²) in [6.07, 6.45) is 0. The number of amides is 1. The largest absolute Gasteiger partial charge is 0.545 e. The monoisotopic (exact) mass is 357 g/mol. The first kappa shape index (κ1) is 18.4. The number of rotatable bonds is 5. The van der Waals surface area contributed by atoms with Crippen LogP contribution in [0.2, 0.25) is 0 Å². The van der Waals surface area contributed by atoms with E-state index in [9.17, 15) is 14.7 Å². The third kappa shape index (κ3) is 5.89. The Kier molecular flexibility index (Phi) is 6.08. The second-order valence-electron chi connectivity index (χ2n) is 5.48. The smallest absolute Gasteiger partial charge is 0.264 e. The van der Waals surface area contributed by atoms with Gasteiger partial charge in [-0.05, 0) is 67.0 Å². The van der Waals surface area contributed by atoms with Gasteiger partial charge in [0.1, 0.15) is 5.75 Å². The van der Waals surface area contributed by atoms with Crippen LogP contribution in [0.15, 0.2) is 42.5 Å². The summed E-state index contributed by atoms with van der Waals surface area (Å²) >= 11 is 5.04. The van der Waals surface area contributed by atoms with Crippen molar-refractivity contribution in [1.82, 2.24) is 5.32 Å². The second-order valence-corrected chi connectivity index (χ2v) is 5.89. The van der Waals surface area contributed by atoms with Crippen LogP contribution < -0.4 is 20.5 Å². The molecule has 0 saturated carbocycles. The van der Waals surface area contributed by atoms with Crippen molar-refractivity contribution in [3.8, 4) is 5.75 Å². The Morgan fingerprint density at radius 1 is 1.08 bits per heavy atom. The van der Waals surface area contributed by atoms with Gasteiger partial charge in [0.2, 0.25) is 0 Å². The highest BCUT2D eigenvalue weighted by Crippen LogP contribution is 2.16. The van der Waals surface area contributed by atoms with E-state index < -0.39 is 11.9 Å². The lowest BCUT2D eigenvalue weighted by molar-refractivity contribution is -0.255. The molecule has 0 atom stereocenters. The lowest BCUT2D eigenvalue weighted by Gasteiger charge is -2.11. The van der Waals surface area contributed by atoms with Gasteiger partial charge >= 0.3 is 0 Å².